The molecule has 0 saturated heterocycles. The molecule has 0 aliphatic carbocycles. The van der Waals surface area contributed by atoms with Crippen LogP contribution in [0.2, 0.25) is 0 Å². The summed E-state index contributed by atoms with van der Waals surface area (Å²) in [5, 5.41) is 6.26. The maximum atomic E-state index is 11.9. The average Bonchev–Trinajstić information content (AvgIpc) is 2.37. The summed E-state index contributed by atoms with van der Waals surface area (Å²) in [6, 6.07) is 1.69. The Balaban J connectivity index is 2.58. The lowest BCUT2D eigenvalue weighted by Gasteiger charge is -2.09. The van der Waals surface area contributed by atoms with Crippen molar-refractivity contribution in [2.45, 2.75) is 25.5 Å². The first-order chi connectivity index (χ1) is 8.56. The van der Waals surface area contributed by atoms with Gasteiger partial charge in [-0.3, -0.25) is 4.79 Å². The molecule has 0 saturated carbocycles. The molecule has 5 nitrogen and oxygen atoms in total. The Morgan fingerprint density at radius 2 is 2.22 bits per heavy atom. The molecule has 18 heavy (non-hydrogen) atoms. The topological polar surface area (TPSA) is 66.9 Å². The fraction of sp³-hybridized carbons (Fsp3) is 0.583. The maximum Gasteiger partial charge on any atom is 0.270 e. The van der Waals surface area contributed by atoms with Gasteiger partial charge in [0, 0.05) is 24.5 Å². The Labute approximate surface area is 112 Å². The highest BCUT2D eigenvalue weighted by atomic mass is 32.2. The molecule has 100 valence electrons. The second-order valence-electron chi connectivity index (χ2n) is 4.06. The predicted octanol–water partition coefficient (Wildman–Crippen LogP) is 1.70. The van der Waals surface area contributed by atoms with Crippen LogP contribution in [0.3, 0.4) is 0 Å². The number of nitrogens with zero attached hydrogens (tertiary/aromatic N) is 2. The third kappa shape index (κ3) is 4.52. The van der Waals surface area contributed by atoms with Crippen molar-refractivity contribution in [1.82, 2.24) is 15.3 Å². The van der Waals surface area contributed by atoms with E-state index >= 15 is 0 Å². The van der Waals surface area contributed by atoms with Crippen molar-refractivity contribution in [1.29, 1.82) is 0 Å². The van der Waals surface area contributed by atoms with Crippen LogP contribution in [0.1, 0.15) is 29.5 Å². The second kappa shape index (κ2) is 7.20. The molecule has 1 amide bonds. The van der Waals surface area contributed by atoms with Gasteiger partial charge in [0.05, 0.1) is 0 Å². The van der Waals surface area contributed by atoms with Crippen molar-refractivity contribution in [2.24, 2.45) is 0 Å². The van der Waals surface area contributed by atoms with E-state index in [1.807, 2.05) is 6.92 Å². The third-order valence-electron chi connectivity index (χ3n) is 2.55. The number of carbonyl (C=O) groups excluding carboxylic acids is 1. The van der Waals surface area contributed by atoms with Crippen molar-refractivity contribution >= 4 is 23.6 Å². The zero-order valence-corrected chi connectivity index (χ0v) is 12.1. The largest absolute Gasteiger partial charge is 0.357 e. The smallest absolute Gasteiger partial charge is 0.270 e. The minimum atomic E-state index is -0.148. The molecule has 1 aromatic heterocycles. The van der Waals surface area contributed by atoms with Crippen LogP contribution in [-0.2, 0) is 0 Å². The molecule has 0 aliphatic rings. The highest BCUT2D eigenvalue weighted by Crippen LogP contribution is 2.08. The van der Waals surface area contributed by atoms with Gasteiger partial charge in [-0.2, -0.15) is 11.8 Å². The summed E-state index contributed by atoms with van der Waals surface area (Å²) < 4.78 is 0. The number of amides is 1. The maximum absolute atomic E-state index is 11.9. The predicted molar refractivity (Wildman–Crippen MR) is 76.2 cm³/mol. The number of rotatable bonds is 6. The van der Waals surface area contributed by atoms with Crippen LogP contribution in [0.4, 0.5) is 5.95 Å². The second-order valence-corrected chi connectivity index (χ2v) is 5.34. The van der Waals surface area contributed by atoms with E-state index in [-0.39, 0.29) is 5.91 Å². The van der Waals surface area contributed by atoms with Crippen LogP contribution < -0.4 is 10.6 Å². The molecular weight excluding hydrogens is 248 g/mol. The van der Waals surface area contributed by atoms with E-state index in [0.717, 1.165) is 12.1 Å². The third-order valence-corrected chi connectivity index (χ3v) is 3.59. The van der Waals surface area contributed by atoms with E-state index < -0.39 is 0 Å². The minimum absolute atomic E-state index is 0.148. The van der Waals surface area contributed by atoms with Crippen molar-refractivity contribution in [3.05, 3.63) is 17.5 Å². The highest BCUT2D eigenvalue weighted by molar-refractivity contribution is 7.99. The molecule has 0 aliphatic heterocycles. The Morgan fingerprint density at radius 3 is 2.83 bits per heavy atom. The van der Waals surface area contributed by atoms with Crippen LogP contribution in [0, 0.1) is 6.92 Å². The average molecular weight is 268 g/mol. The van der Waals surface area contributed by atoms with E-state index in [9.17, 15) is 4.79 Å². The SMILES string of the molecule is CNc1nc(C)cc(C(=O)NCCC(C)SC)n1. The van der Waals surface area contributed by atoms with Crippen LogP contribution in [0.25, 0.3) is 0 Å². The van der Waals surface area contributed by atoms with Gasteiger partial charge >= 0.3 is 0 Å². The first-order valence-electron chi connectivity index (χ1n) is 5.91. The van der Waals surface area contributed by atoms with Gasteiger partial charge in [0.1, 0.15) is 5.69 Å². The first kappa shape index (κ1) is 14.8. The molecule has 0 bridgehead atoms. The van der Waals surface area contributed by atoms with Crippen molar-refractivity contribution in [2.75, 3.05) is 25.2 Å². The molecular formula is C12H20N4OS. The number of aryl methyl sites for hydroxylation is 1. The summed E-state index contributed by atoms with van der Waals surface area (Å²) in [5.41, 5.74) is 1.18. The van der Waals surface area contributed by atoms with Crippen LogP contribution in [0.5, 0.6) is 0 Å². The summed E-state index contributed by atoms with van der Waals surface area (Å²) in [7, 11) is 1.73. The van der Waals surface area contributed by atoms with Gasteiger partial charge < -0.3 is 10.6 Å². The molecule has 0 fully saturated rings. The van der Waals surface area contributed by atoms with Gasteiger partial charge in [-0.15, -0.1) is 0 Å². The summed E-state index contributed by atoms with van der Waals surface area (Å²) in [5.74, 6) is 0.322. The van der Waals surface area contributed by atoms with Gasteiger partial charge in [0.2, 0.25) is 5.95 Å². The molecule has 0 radical (unpaired) electrons. The van der Waals surface area contributed by atoms with Gasteiger partial charge in [-0.1, -0.05) is 6.92 Å². The first-order valence-corrected chi connectivity index (χ1v) is 7.20. The van der Waals surface area contributed by atoms with Crippen LogP contribution >= 0.6 is 11.8 Å². The molecule has 6 heteroatoms. The number of carbonyl (C=O) groups is 1. The normalized spacial score (nSPS) is 12.0. The zero-order valence-electron chi connectivity index (χ0n) is 11.3. The Bertz CT molecular complexity index is 411. The lowest BCUT2D eigenvalue weighted by Crippen LogP contribution is -2.27. The fourth-order valence-electron chi connectivity index (χ4n) is 1.39. The van der Waals surface area contributed by atoms with E-state index in [1.165, 1.54) is 0 Å². The summed E-state index contributed by atoms with van der Waals surface area (Å²) in [6.07, 6.45) is 3.02. The Hall–Kier alpha value is -1.30. The van der Waals surface area contributed by atoms with Crippen molar-refractivity contribution in [3.63, 3.8) is 0 Å². The number of anilines is 1. The van der Waals surface area contributed by atoms with Gasteiger partial charge in [-0.25, -0.2) is 9.97 Å². The molecule has 0 aromatic carbocycles. The number of thioether (sulfide) groups is 1. The van der Waals surface area contributed by atoms with E-state index in [4.69, 9.17) is 0 Å². The van der Waals surface area contributed by atoms with Gasteiger partial charge in [-0.05, 0) is 25.7 Å². The Kier molecular flexibility index (Phi) is 5.91. The number of aromatic nitrogens is 2. The van der Waals surface area contributed by atoms with E-state index in [0.29, 0.717) is 23.4 Å². The van der Waals surface area contributed by atoms with Gasteiger partial charge in [0.25, 0.3) is 5.91 Å². The van der Waals surface area contributed by atoms with Gasteiger partial charge in [0.15, 0.2) is 0 Å². The summed E-state index contributed by atoms with van der Waals surface area (Å²) >= 11 is 1.79. The van der Waals surface area contributed by atoms with Crippen molar-refractivity contribution in [3.8, 4) is 0 Å². The minimum Gasteiger partial charge on any atom is -0.357 e. The quantitative estimate of drug-likeness (QED) is 0.822. The number of nitrogens with one attached hydrogen (secondary N) is 2. The van der Waals surface area contributed by atoms with E-state index in [2.05, 4.69) is 33.8 Å². The molecule has 1 rings (SSSR count). The molecule has 1 heterocycles. The molecule has 0 spiro atoms. The molecule has 1 aromatic rings. The molecule has 2 N–H and O–H groups in total. The number of hydrogen-bond acceptors (Lipinski definition) is 5. The Morgan fingerprint density at radius 1 is 1.50 bits per heavy atom. The highest BCUT2D eigenvalue weighted by Gasteiger charge is 2.10. The molecule has 1 unspecified atom stereocenters. The van der Waals surface area contributed by atoms with Crippen LogP contribution in [-0.4, -0.2) is 41.0 Å². The lowest BCUT2D eigenvalue weighted by atomic mass is 10.3. The summed E-state index contributed by atoms with van der Waals surface area (Å²) in [6.45, 7) is 4.65. The van der Waals surface area contributed by atoms with Crippen LogP contribution in [0.15, 0.2) is 6.07 Å². The fourth-order valence-corrected chi connectivity index (χ4v) is 1.75. The zero-order chi connectivity index (χ0) is 13.5. The monoisotopic (exact) mass is 268 g/mol. The standard InChI is InChI=1S/C12H20N4OS/c1-8-7-10(16-12(13-3)15-8)11(17)14-6-5-9(2)18-4/h7,9H,5-6H2,1-4H3,(H,14,17)(H,13,15,16). The van der Waals surface area contributed by atoms with E-state index in [1.54, 1.807) is 24.9 Å². The lowest BCUT2D eigenvalue weighted by molar-refractivity contribution is 0.0948. The van der Waals surface area contributed by atoms with Crippen molar-refractivity contribution < 1.29 is 4.79 Å². The molecule has 1 atom stereocenters. The number of hydrogen-bond donors (Lipinski definition) is 2. The summed E-state index contributed by atoms with van der Waals surface area (Å²) in [4.78, 5) is 20.2.